The molecule has 0 aliphatic rings. The van der Waals surface area contributed by atoms with Crippen molar-refractivity contribution in [1.29, 1.82) is 0 Å². The van der Waals surface area contributed by atoms with Gasteiger partial charge in [-0.3, -0.25) is 4.57 Å². The van der Waals surface area contributed by atoms with Crippen LogP contribution in [0.1, 0.15) is 9.81 Å². The number of benzene rings is 1. The predicted molar refractivity (Wildman–Crippen MR) is 63.6 cm³/mol. The SMILES string of the molecule is [2H]C([2H])([2H])c1cc2ccccc2n1-c1ncccn1. The van der Waals surface area contributed by atoms with Gasteiger partial charge < -0.3 is 0 Å². The van der Waals surface area contributed by atoms with Gasteiger partial charge in [-0.25, -0.2) is 9.97 Å². The molecular formula is C13H11N3. The molecule has 1 aromatic carbocycles. The van der Waals surface area contributed by atoms with Gasteiger partial charge in [-0.2, -0.15) is 0 Å². The smallest absolute Gasteiger partial charge is 0.234 e. The van der Waals surface area contributed by atoms with Crippen molar-refractivity contribution < 1.29 is 4.11 Å². The first-order chi connectivity index (χ1) is 9.07. The number of aromatic nitrogens is 3. The Morgan fingerprint density at radius 1 is 1.12 bits per heavy atom. The van der Waals surface area contributed by atoms with Gasteiger partial charge >= 0.3 is 0 Å². The third kappa shape index (κ3) is 1.29. The molecule has 16 heavy (non-hydrogen) atoms. The first kappa shape index (κ1) is 6.43. The van der Waals surface area contributed by atoms with E-state index in [4.69, 9.17) is 4.11 Å². The lowest BCUT2D eigenvalue weighted by molar-refractivity contribution is 0.928. The van der Waals surface area contributed by atoms with Gasteiger partial charge in [0.25, 0.3) is 0 Å². The minimum Gasteiger partial charge on any atom is -0.283 e. The molecule has 0 spiro atoms. The molecule has 2 aromatic heterocycles. The summed E-state index contributed by atoms with van der Waals surface area (Å²) in [7, 11) is 0. The van der Waals surface area contributed by atoms with E-state index in [1.807, 2.05) is 24.3 Å². The van der Waals surface area contributed by atoms with Crippen LogP contribution in [-0.2, 0) is 0 Å². The Kier molecular flexibility index (Phi) is 1.39. The van der Waals surface area contributed by atoms with E-state index in [2.05, 4.69) is 9.97 Å². The van der Waals surface area contributed by atoms with Crippen LogP contribution in [-0.4, -0.2) is 14.5 Å². The molecule has 0 aliphatic heterocycles. The molecule has 0 bridgehead atoms. The van der Waals surface area contributed by atoms with E-state index in [1.54, 1.807) is 29.1 Å². The lowest BCUT2D eigenvalue weighted by Gasteiger charge is -2.04. The Morgan fingerprint density at radius 3 is 2.75 bits per heavy atom. The number of aryl methyl sites for hydroxylation is 1. The Hall–Kier alpha value is -2.16. The van der Waals surface area contributed by atoms with Gasteiger partial charge in [-0.15, -0.1) is 0 Å². The summed E-state index contributed by atoms with van der Waals surface area (Å²) in [4.78, 5) is 8.29. The molecule has 3 aromatic rings. The summed E-state index contributed by atoms with van der Waals surface area (Å²) in [5.41, 5.74) is 1.01. The van der Waals surface area contributed by atoms with E-state index in [0.29, 0.717) is 5.95 Å². The number of hydrogen-bond donors (Lipinski definition) is 0. The highest BCUT2D eigenvalue weighted by atomic mass is 15.1. The van der Waals surface area contributed by atoms with Gasteiger partial charge in [0.15, 0.2) is 0 Å². The summed E-state index contributed by atoms with van der Waals surface area (Å²) < 4.78 is 24.5. The quantitative estimate of drug-likeness (QED) is 0.621. The van der Waals surface area contributed by atoms with Crippen molar-refractivity contribution in [1.82, 2.24) is 14.5 Å². The third-order valence-electron chi connectivity index (χ3n) is 2.46. The molecule has 0 saturated heterocycles. The number of nitrogens with zero attached hydrogens (tertiary/aromatic N) is 3. The van der Waals surface area contributed by atoms with Crippen LogP contribution in [0.2, 0.25) is 0 Å². The zero-order valence-corrected chi connectivity index (χ0v) is 8.46. The number of rotatable bonds is 1. The molecule has 0 radical (unpaired) electrons. The summed E-state index contributed by atoms with van der Waals surface area (Å²) in [5, 5.41) is 0.862. The molecule has 0 atom stereocenters. The highest BCUT2D eigenvalue weighted by Gasteiger charge is 2.07. The van der Waals surface area contributed by atoms with Crippen LogP contribution in [0.25, 0.3) is 16.9 Å². The number of fused-ring (bicyclic) bond motifs is 1. The van der Waals surface area contributed by atoms with Crippen molar-refractivity contribution in [2.45, 2.75) is 6.85 Å². The van der Waals surface area contributed by atoms with Crippen molar-refractivity contribution in [3.63, 3.8) is 0 Å². The minimum absolute atomic E-state index is 0.222. The van der Waals surface area contributed by atoms with Gasteiger partial charge in [0.1, 0.15) is 0 Å². The van der Waals surface area contributed by atoms with E-state index < -0.39 is 6.85 Å². The Balaban J connectivity index is 2.38. The van der Waals surface area contributed by atoms with Crippen molar-refractivity contribution >= 4 is 10.9 Å². The largest absolute Gasteiger partial charge is 0.283 e. The average molecular weight is 212 g/mol. The lowest BCUT2D eigenvalue weighted by Crippen LogP contribution is -2.01. The fourth-order valence-electron chi connectivity index (χ4n) is 1.78. The molecule has 0 saturated carbocycles. The minimum atomic E-state index is -2.21. The monoisotopic (exact) mass is 212 g/mol. The van der Waals surface area contributed by atoms with E-state index in [9.17, 15) is 0 Å². The van der Waals surface area contributed by atoms with E-state index in [0.717, 1.165) is 10.9 Å². The standard InChI is InChI=1S/C13H11N3/c1-10-9-11-5-2-3-6-12(11)16(10)13-14-7-4-8-15-13/h2-9H,1H3/i1D3. The van der Waals surface area contributed by atoms with E-state index in [1.165, 1.54) is 0 Å². The fraction of sp³-hybridized carbons (Fsp3) is 0.0769. The van der Waals surface area contributed by atoms with Crippen molar-refractivity contribution in [2.24, 2.45) is 0 Å². The van der Waals surface area contributed by atoms with Gasteiger partial charge in [0.05, 0.1) is 5.52 Å². The molecule has 0 amide bonds. The maximum absolute atomic E-state index is 7.65. The summed E-state index contributed by atoms with van der Waals surface area (Å²) in [6, 6.07) is 10.8. The molecule has 78 valence electrons. The second-order valence-corrected chi connectivity index (χ2v) is 3.47. The van der Waals surface area contributed by atoms with Gasteiger partial charge in [0, 0.05) is 27.6 Å². The number of para-hydroxylation sites is 1. The molecule has 0 fully saturated rings. The van der Waals surface area contributed by atoms with Crippen LogP contribution in [0.4, 0.5) is 0 Å². The predicted octanol–water partition coefficient (Wildman–Crippen LogP) is 2.73. The van der Waals surface area contributed by atoms with Gasteiger partial charge in [-0.1, -0.05) is 18.2 Å². The molecule has 3 rings (SSSR count). The number of hydrogen-bond acceptors (Lipinski definition) is 2. The molecule has 3 heteroatoms. The summed E-state index contributed by atoms with van der Waals surface area (Å²) in [6.07, 6.45) is 3.20. The molecule has 2 heterocycles. The van der Waals surface area contributed by atoms with Crippen molar-refractivity contribution in [3.05, 3.63) is 54.5 Å². The van der Waals surface area contributed by atoms with E-state index >= 15 is 0 Å². The highest BCUT2D eigenvalue weighted by Crippen LogP contribution is 2.21. The van der Waals surface area contributed by atoms with Crippen LogP contribution in [0.15, 0.2) is 48.8 Å². The van der Waals surface area contributed by atoms with Crippen molar-refractivity contribution in [2.75, 3.05) is 0 Å². The maximum Gasteiger partial charge on any atom is 0.234 e. The van der Waals surface area contributed by atoms with Crippen LogP contribution >= 0.6 is 0 Å². The highest BCUT2D eigenvalue weighted by molar-refractivity contribution is 5.82. The van der Waals surface area contributed by atoms with Crippen LogP contribution in [0.3, 0.4) is 0 Å². The lowest BCUT2D eigenvalue weighted by atomic mass is 10.2. The van der Waals surface area contributed by atoms with Gasteiger partial charge in [0.2, 0.25) is 5.95 Å². The maximum atomic E-state index is 7.65. The summed E-state index contributed by atoms with van der Waals surface area (Å²) in [6.45, 7) is -2.21. The van der Waals surface area contributed by atoms with Crippen LogP contribution in [0.5, 0.6) is 0 Å². The van der Waals surface area contributed by atoms with Crippen molar-refractivity contribution in [3.8, 4) is 5.95 Å². The zero-order valence-electron chi connectivity index (χ0n) is 11.5. The topological polar surface area (TPSA) is 30.7 Å². The van der Waals surface area contributed by atoms with Gasteiger partial charge in [-0.05, 0) is 25.1 Å². The molecule has 3 nitrogen and oxygen atoms in total. The van der Waals surface area contributed by atoms with Crippen LogP contribution in [0, 0.1) is 6.85 Å². The first-order valence-corrected chi connectivity index (χ1v) is 4.96. The molecular weight excluding hydrogens is 198 g/mol. The normalized spacial score (nSPS) is 14.4. The van der Waals surface area contributed by atoms with Crippen LogP contribution < -0.4 is 0 Å². The second kappa shape index (κ2) is 3.45. The molecule has 0 N–H and O–H groups in total. The fourth-order valence-corrected chi connectivity index (χ4v) is 1.78. The Morgan fingerprint density at radius 2 is 1.94 bits per heavy atom. The zero-order chi connectivity index (χ0) is 13.5. The molecule has 0 aliphatic carbocycles. The Labute approximate surface area is 97.6 Å². The second-order valence-electron chi connectivity index (χ2n) is 3.47. The average Bonchev–Trinajstić information content (AvgIpc) is 2.79. The van der Waals surface area contributed by atoms with E-state index in [-0.39, 0.29) is 5.69 Å². The third-order valence-corrected chi connectivity index (χ3v) is 2.46. The first-order valence-electron chi connectivity index (χ1n) is 6.46. The summed E-state index contributed by atoms with van der Waals surface area (Å²) in [5.74, 6) is 0.370. The molecule has 0 unspecified atom stereocenters. The summed E-state index contributed by atoms with van der Waals surface area (Å²) >= 11 is 0. The Bertz CT molecular complexity index is 717.